The van der Waals surface area contributed by atoms with E-state index in [0.29, 0.717) is 11.1 Å². The second-order valence-corrected chi connectivity index (χ2v) is 2.60. The fraction of sp³-hybridized carbons (Fsp3) is 0.125. The molecule has 0 saturated heterocycles. The highest BCUT2D eigenvalue weighted by Crippen LogP contribution is 2.18. The topological polar surface area (TPSA) is 23.8 Å². The number of hydrogen-bond donors (Lipinski definition) is 0. The van der Waals surface area contributed by atoms with E-state index >= 15 is 0 Å². The molecule has 0 aliphatic carbocycles. The summed E-state index contributed by atoms with van der Waals surface area (Å²) < 4.78 is 12.7. The molecule has 0 unspecified atom stereocenters. The van der Waals surface area contributed by atoms with Crippen LogP contribution in [0, 0.1) is 24.1 Å². The monoisotopic (exact) mass is 169 g/mol. The number of benzene rings is 1. The first kappa shape index (κ1) is 8.03. The van der Waals surface area contributed by atoms with Gasteiger partial charge in [0.25, 0.3) is 0 Å². The van der Waals surface area contributed by atoms with E-state index in [2.05, 4.69) is 0 Å². The molecule has 1 aromatic rings. The molecule has 11 heavy (non-hydrogen) atoms. The van der Waals surface area contributed by atoms with Gasteiger partial charge in [-0.15, -0.1) is 0 Å². The fourth-order valence-electron chi connectivity index (χ4n) is 0.743. The smallest absolute Gasteiger partial charge is 0.127 e. The van der Waals surface area contributed by atoms with Crippen LogP contribution in [-0.4, -0.2) is 0 Å². The minimum absolute atomic E-state index is 0.163. The Bertz CT molecular complexity index is 328. The lowest BCUT2D eigenvalue weighted by atomic mass is 10.1. The van der Waals surface area contributed by atoms with Crippen LogP contribution >= 0.6 is 11.6 Å². The zero-order chi connectivity index (χ0) is 8.43. The van der Waals surface area contributed by atoms with Gasteiger partial charge in [0.15, 0.2) is 0 Å². The van der Waals surface area contributed by atoms with Gasteiger partial charge in [0.2, 0.25) is 0 Å². The molecule has 1 aromatic carbocycles. The van der Waals surface area contributed by atoms with E-state index in [9.17, 15) is 4.39 Å². The van der Waals surface area contributed by atoms with Crippen molar-refractivity contribution in [2.45, 2.75) is 6.92 Å². The van der Waals surface area contributed by atoms with E-state index in [1.165, 1.54) is 6.07 Å². The Hall–Kier alpha value is -1.07. The third kappa shape index (κ3) is 1.50. The average Bonchev–Trinajstić information content (AvgIpc) is 1.97. The van der Waals surface area contributed by atoms with Crippen molar-refractivity contribution in [1.82, 2.24) is 0 Å². The molecular formula is C8H5ClFN. The highest BCUT2D eigenvalue weighted by Gasteiger charge is 2.03. The van der Waals surface area contributed by atoms with Crippen LogP contribution in [0.2, 0.25) is 5.02 Å². The van der Waals surface area contributed by atoms with Gasteiger partial charge in [0.05, 0.1) is 10.6 Å². The molecule has 3 heteroatoms. The van der Waals surface area contributed by atoms with Crippen molar-refractivity contribution in [2.75, 3.05) is 0 Å². The van der Waals surface area contributed by atoms with Crippen LogP contribution in [0.1, 0.15) is 11.1 Å². The minimum atomic E-state index is -0.381. The Labute approximate surface area is 69.0 Å². The molecule has 0 bridgehead atoms. The van der Waals surface area contributed by atoms with E-state index in [0.717, 1.165) is 6.07 Å². The van der Waals surface area contributed by atoms with Crippen LogP contribution in [0.3, 0.4) is 0 Å². The molecule has 0 aromatic heterocycles. The Balaban J connectivity index is 3.35. The summed E-state index contributed by atoms with van der Waals surface area (Å²) in [4.78, 5) is 0. The molecule has 0 spiro atoms. The van der Waals surface area contributed by atoms with Crippen molar-refractivity contribution in [3.63, 3.8) is 0 Å². The maximum absolute atomic E-state index is 12.7. The molecular weight excluding hydrogens is 165 g/mol. The molecule has 1 nitrogen and oxygen atoms in total. The summed E-state index contributed by atoms with van der Waals surface area (Å²) in [6.07, 6.45) is 0. The van der Waals surface area contributed by atoms with Crippen molar-refractivity contribution in [2.24, 2.45) is 0 Å². The van der Waals surface area contributed by atoms with Crippen molar-refractivity contribution >= 4 is 11.6 Å². The Morgan fingerprint density at radius 2 is 2.18 bits per heavy atom. The molecule has 0 amide bonds. The lowest BCUT2D eigenvalue weighted by Crippen LogP contribution is -1.85. The summed E-state index contributed by atoms with van der Waals surface area (Å²) in [6, 6.07) is 4.44. The molecule has 0 fully saturated rings. The number of rotatable bonds is 0. The summed E-state index contributed by atoms with van der Waals surface area (Å²) >= 11 is 5.54. The number of halogens is 2. The van der Waals surface area contributed by atoms with Crippen LogP contribution in [0.15, 0.2) is 12.1 Å². The van der Waals surface area contributed by atoms with Crippen LogP contribution < -0.4 is 0 Å². The van der Waals surface area contributed by atoms with Crippen LogP contribution in [-0.2, 0) is 0 Å². The molecule has 0 aliphatic heterocycles. The zero-order valence-electron chi connectivity index (χ0n) is 5.86. The summed E-state index contributed by atoms with van der Waals surface area (Å²) in [5.74, 6) is -0.381. The maximum atomic E-state index is 12.7. The van der Waals surface area contributed by atoms with Gasteiger partial charge < -0.3 is 0 Å². The predicted octanol–water partition coefficient (Wildman–Crippen LogP) is 2.66. The van der Waals surface area contributed by atoms with Gasteiger partial charge in [-0.05, 0) is 24.6 Å². The molecule has 0 radical (unpaired) electrons. The van der Waals surface area contributed by atoms with Gasteiger partial charge >= 0.3 is 0 Å². The molecule has 0 saturated carbocycles. The van der Waals surface area contributed by atoms with Crippen molar-refractivity contribution in [3.8, 4) is 6.07 Å². The number of nitrogens with zero attached hydrogens (tertiary/aromatic N) is 1. The zero-order valence-corrected chi connectivity index (χ0v) is 6.61. The van der Waals surface area contributed by atoms with Crippen LogP contribution in [0.25, 0.3) is 0 Å². The average molecular weight is 170 g/mol. The molecule has 1 rings (SSSR count). The lowest BCUT2D eigenvalue weighted by Gasteiger charge is -1.97. The Kier molecular flexibility index (Phi) is 2.11. The van der Waals surface area contributed by atoms with E-state index < -0.39 is 0 Å². The second-order valence-electron chi connectivity index (χ2n) is 2.19. The quantitative estimate of drug-likeness (QED) is 0.586. The third-order valence-corrected chi connectivity index (χ3v) is 1.68. The first-order valence-corrected chi connectivity index (χ1v) is 3.38. The molecule has 56 valence electrons. The van der Waals surface area contributed by atoms with Gasteiger partial charge in [-0.25, -0.2) is 4.39 Å². The van der Waals surface area contributed by atoms with Gasteiger partial charge in [-0.1, -0.05) is 11.6 Å². The summed E-state index contributed by atoms with van der Waals surface area (Å²) in [6.45, 7) is 1.59. The second kappa shape index (κ2) is 2.89. The number of hydrogen-bond acceptors (Lipinski definition) is 1. The van der Waals surface area contributed by atoms with Crippen molar-refractivity contribution in [3.05, 3.63) is 34.1 Å². The Morgan fingerprint density at radius 1 is 1.55 bits per heavy atom. The summed E-state index contributed by atoms with van der Waals surface area (Å²) in [5.41, 5.74) is 0.747. The third-order valence-electron chi connectivity index (χ3n) is 1.37. The van der Waals surface area contributed by atoms with Gasteiger partial charge in [0, 0.05) is 0 Å². The van der Waals surface area contributed by atoms with Gasteiger partial charge in [-0.3, -0.25) is 0 Å². The SMILES string of the molecule is Cc1cc(C#N)c(Cl)cc1F. The highest BCUT2D eigenvalue weighted by atomic mass is 35.5. The van der Waals surface area contributed by atoms with Crippen LogP contribution in [0.4, 0.5) is 4.39 Å². The lowest BCUT2D eigenvalue weighted by molar-refractivity contribution is 0.618. The van der Waals surface area contributed by atoms with E-state index in [4.69, 9.17) is 16.9 Å². The van der Waals surface area contributed by atoms with E-state index in [-0.39, 0.29) is 10.8 Å². The predicted molar refractivity (Wildman–Crippen MR) is 40.9 cm³/mol. The molecule has 0 atom stereocenters. The summed E-state index contributed by atoms with van der Waals surface area (Å²) in [7, 11) is 0. The molecule has 0 aliphatic rings. The Morgan fingerprint density at radius 3 is 2.73 bits per heavy atom. The molecule has 0 heterocycles. The van der Waals surface area contributed by atoms with Crippen LogP contribution in [0.5, 0.6) is 0 Å². The molecule has 0 N–H and O–H groups in total. The maximum Gasteiger partial charge on any atom is 0.127 e. The van der Waals surface area contributed by atoms with Crippen molar-refractivity contribution < 1.29 is 4.39 Å². The number of aryl methyl sites for hydroxylation is 1. The fourth-order valence-corrected chi connectivity index (χ4v) is 0.936. The van der Waals surface area contributed by atoms with Crippen molar-refractivity contribution in [1.29, 1.82) is 5.26 Å². The minimum Gasteiger partial charge on any atom is -0.207 e. The first-order chi connectivity index (χ1) is 5.15. The largest absolute Gasteiger partial charge is 0.207 e. The van der Waals surface area contributed by atoms with Gasteiger partial charge in [-0.2, -0.15) is 5.26 Å². The first-order valence-electron chi connectivity index (χ1n) is 3.01. The van der Waals surface area contributed by atoms with E-state index in [1.807, 2.05) is 6.07 Å². The highest BCUT2D eigenvalue weighted by molar-refractivity contribution is 6.31. The van der Waals surface area contributed by atoms with Gasteiger partial charge in [0.1, 0.15) is 11.9 Å². The summed E-state index contributed by atoms with van der Waals surface area (Å²) in [5, 5.41) is 8.64. The normalized spacial score (nSPS) is 9.27. The van der Waals surface area contributed by atoms with E-state index in [1.54, 1.807) is 6.92 Å². The standard InChI is InChI=1S/C8H5ClFN/c1-5-2-6(4-11)7(9)3-8(5)10/h2-3H,1H3. The number of nitriles is 1.